The predicted molar refractivity (Wildman–Crippen MR) is 80.0 cm³/mol. The zero-order chi connectivity index (χ0) is 14.2. The first-order valence-electron chi connectivity index (χ1n) is 6.78. The fourth-order valence-electron chi connectivity index (χ4n) is 2.37. The zero-order valence-corrected chi connectivity index (χ0v) is 13.4. The Bertz CT molecular complexity index is 566. The maximum Gasteiger partial charge on any atom is 0.225 e. The third-order valence-corrected chi connectivity index (χ3v) is 6.10. The van der Waals surface area contributed by atoms with Crippen LogP contribution in [0.5, 0.6) is 0 Å². The fourth-order valence-corrected chi connectivity index (χ4v) is 4.23. The van der Waals surface area contributed by atoms with Gasteiger partial charge in [-0.3, -0.25) is 0 Å². The lowest BCUT2D eigenvalue weighted by molar-refractivity contribution is 0.456. The maximum absolute atomic E-state index is 11.9. The van der Waals surface area contributed by atoms with Gasteiger partial charge >= 0.3 is 0 Å². The molecule has 110 valence electrons. The Kier molecular flexibility index (Phi) is 3.96. The Labute approximate surface area is 127 Å². The summed E-state index contributed by atoms with van der Waals surface area (Å²) in [6, 6.07) is 0.0484. The van der Waals surface area contributed by atoms with Crippen molar-refractivity contribution in [3.05, 3.63) is 16.9 Å². The normalized spacial score (nSPS) is 21.1. The molecule has 0 aromatic carbocycles. The van der Waals surface area contributed by atoms with Gasteiger partial charge in [-0.05, 0) is 41.6 Å². The molecule has 2 fully saturated rings. The van der Waals surface area contributed by atoms with Crippen molar-refractivity contribution in [2.24, 2.45) is 0 Å². The first-order chi connectivity index (χ1) is 9.54. The Morgan fingerprint density at radius 1 is 1.15 bits per heavy atom. The summed E-state index contributed by atoms with van der Waals surface area (Å²) in [4.78, 5) is 10.6. The fraction of sp³-hybridized carbons (Fsp3) is 0.667. The molecule has 1 aromatic heterocycles. The van der Waals surface area contributed by atoms with Crippen LogP contribution in [0.1, 0.15) is 25.7 Å². The van der Waals surface area contributed by atoms with Gasteiger partial charge in [-0.1, -0.05) is 0 Å². The number of anilines is 1. The summed E-state index contributed by atoms with van der Waals surface area (Å²) in [6.07, 6.45) is 6.66. The summed E-state index contributed by atoms with van der Waals surface area (Å²) < 4.78 is 27.5. The molecular weight excluding hydrogens is 344 g/mol. The van der Waals surface area contributed by atoms with E-state index in [1.165, 1.54) is 0 Å². The highest BCUT2D eigenvalue weighted by molar-refractivity contribution is 9.10. The standard InChI is InChI=1S/C12H17BrN4O2S/c13-9-7-14-12(15-8-9)17-5-3-10(4-6-17)16-20(18,19)11-1-2-11/h7-8,10-11,16H,1-6H2. The molecule has 2 aliphatic rings. The van der Waals surface area contributed by atoms with Crippen molar-refractivity contribution in [1.29, 1.82) is 0 Å². The van der Waals surface area contributed by atoms with E-state index in [0.717, 1.165) is 43.2 Å². The van der Waals surface area contributed by atoms with E-state index < -0.39 is 10.0 Å². The van der Waals surface area contributed by atoms with Crippen LogP contribution in [0.3, 0.4) is 0 Å². The van der Waals surface area contributed by atoms with Crippen LogP contribution in [0.2, 0.25) is 0 Å². The molecule has 0 unspecified atom stereocenters. The summed E-state index contributed by atoms with van der Waals surface area (Å²) in [5.41, 5.74) is 0. The summed E-state index contributed by atoms with van der Waals surface area (Å²) in [5, 5.41) is -0.143. The molecule has 8 heteroatoms. The number of sulfonamides is 1. The average Bonchev–Trinajstić information content (AvgIpc) is 3.25. The van der Waals surface area contributed by atoms with Gasteiger partial charge in [0.05, 0.1) is 9.72 Å². The van der Waals surface area contributed by atoms with Crippen molar-refractivity contribution in [2.75, 3.05) is 18.0 Å². The average molecular weight is 361 g/mol. The molecule has 0 spiro atoms. The van der Waals surface area contributed by atoms with Crippen molar-refractivity contribution in [3.63, 3.8) is 0 Å². The van der Waals surface area contributed by atoms with Gasteiger partial charge in [0.15, 0.2) is 0 Å². The van der Waals surface area contributed by atoms with E-state index in [4.69, 9.17) is 0 Å². The first-order valence-corrected chi connectivity index (χ1v) is 9.12. The van der Waals surface area contributed by atoms with E-state index in [1.54, 1.807) is 12.4 Å². The molecule has 20 heavy (non-hydrogen) atoms. The third-order valence-electron chi connectivity index (χ3n) is 3.68. The highest BCUT2D eigenvalue weighted by Crippen LogP contribution is 2.28. The minimum absolute atomic E-state index is 0.0484. The minimum Gasteiger partial charge on any atom is -0.341 e. The smallest absolute Gasteiger partial charge is 0.225 e. The van der Waals surface area contributed by atoms with Gasteiger partial charge in [-0.15, -0.1) is 0 Å². The Morgan fingerprint density at radius 3 is 2.30 bits per heavy atom. The molecule has 0 radical (unpaired) electrons. The van der Waals surface area contributed by atoms with Crippen molar-refractivity contribution < 1.29 is 8.42 Å². The van der Waals surface area contributed by atoms with Crippen LogP contribution in [0.15, 0.2) is 16.9 Å². The number of halogens is 1. The molecule has 0 atom stereocenters. The lowest BCUT2D eigenvalue weighted by Gasteiger charge is -2.32. The Balaban J connectivity index is 1.55. The number of nitrogens with zero attached hydrogens (tertiary/aromatic N) is 3. The lowest BCUT2D eigenvalue weighted by Crippen LogP contribution is -2.46. The SMILES string of the molecule is O=S(=O)(NC1CCN(c2ncc(Br)cn2)CC1)C1CC1. The van der Waals surface area contributed by atoms with Gasteiger partial charge in [0.25, 0.3) is 0 Å². The van der Waals surface area contributed by atoms with E-state index in [9.17, 15) is 8.42 Å². The van der Waals surface area contributed by atoms with Crippen LogP contribution < -0.4 is 9.62 Å². The van der Waals surface area contributed by atoms with Crippen LogP contribution >= 0.6 is 15.9 Å². The lowest BCUT2D eigenvalue weighted by atomic mass is 10.1. The van der Waals surface area contributed by atoms with Crippen LogP contribution in [-0.2, 0) is 10.0 Å². The van der Waals surface area contributed by atoms with Crippen molar-refractivity contribution >= 4 is 31.9 Å². The second-order valence-corrected chi connectivity index (χ2v) is 8.23. The molecule has 6 nitrogen and oxygen atoms in total. The summed E-state index contributed by atoms with van der Waals surface area (Å²) >= 11 is 3.31. The van der Waals surface area contributed by atoms with Crippen molar-refractivity contribution in [3.8, 4) is 0 Å². The summed E-state index contributed by atoms with van der Waals surface area (Å²) in [5.74, 6) is 0.705. The second kappa shape index (κ2) is 5.57. The maximum atomic E-state index is 11.9. The molecule has 3 rings (SSSR count). The van der Waals surface area contributed by atoms with Crippen molar-refractivity contribution in [2.45, 2.75) is 37.0 Å². The van der Waals surface area contributed by atoms with Gasteiger partial charge in [-0.2, -0.15) is 0 Å². The molecular formula is C12H17BrN4O2S. The number of piperidine rings is 1. The number of hydrogen-bond acceptors (Lipinski definition) is 5. The molecule has 1 saturated carbocycles. The van der Waals surface area contributed by atoms with Gasteiger partial charge in [-0.25, -0.2) is 23.1 Å². The van der Waals surface area contributed by atoms with Gasteiger partial charge in [0.2, 0.25) is 16.0 Å². The topological polar surface area (TPSA) is 75.2 Å². The van der Waals surface area contributed by atoms with Crippen molar-refractivity contribution in [1.82, 2.24) is 14.7 Å². The van der Waals surface area contributed by atoms with E-state index in [1.807, 2.05) is 0 Å². The van der Waals surface area contributed by atoms with Crippen LogP contribution in [0.25, 0.3) is 0 Å². The number of aromatic nitrogens is 2. The Morgan fingerprint density at radius 2 is 1.75 bits per heavy atom. The number of hydrogen-bond donors (Lipinski definition) is 1. The highest BCUT2D eigenvalue weighted by Gasteiger charge is 2.37. The minimum atomic E-state index is -3.08. The molecule has 1 saturated heterocycles. The van der Waals surface area contributed by atoms with E-state index in [2.05, 4.69) is 35.5 Å². The second-order valence-electron chi connectivity index (χ2n) is 5.32. The molecule has 2 heterocycles. The highest BCUT2D eigenvalue weighted by atomic mass is 79.9. The zero-order valence-electron chi connectivity index (χ0n) is 11.0. The predicted octanol–water partition coefficient (Wildman–Crippen LogP) is 1.29. The van der Waals surface area contributed by atoms with Crippen LogP contribution in [0.4, 0.5) is 5.95 Å². The van der Waals surface area contributed by atoms with Gasteiger partial charge < -0.3 is 4.90 Å². The molecule has 1 aliphatic heterocycles. The number of nitrogens with one attached hydrogen (secondary N) is 1. The largest absolute Gasteiger partial charge is 0.341 e. The van der Waals surface area contributed by atoms with Crippen LogP contribution in [0, 0.1) is 0 Å². The van der Waals surface area contributed by atoms with E-state index in [-0.39, 0.29) is 11.3 Å². The van der Waals surface area contributed by atoms with E-state index >= 15 is 0 Å². The molecule has 1 aliphatic carbocycles. The first kappa shape index (κ1) is 14.2. The molecule has 0 bridgehead atoms. The van der Waals surface area contributed by atoms with E-state index in [0.29, 0.717) is 5.95 Å². The molecule has 1 aromatic rings. The Hall–Kier alpha value is -0.730. The van der Waals surface area contributed by atoms with Crippen LogP contribution in [-0.4, -0.2) is 42.8 Å². The number of rotatable bonds is 4. The van der Waals surface area contributed by atoms with Gasteiger partial charge in [0, 0.05) is 31.5 Å². The summed E-state index contributed by atoms with van der Waals surface area (Å²) in [6.45, 7) is 1.55. The monoisotopic (exact) mass is 360 g/mol. The van der Waals surface area contributed by atoms with Gasteiger partial charge in [0.1, 0.15) is 0 Å². The molecule has 1 N–H and O–H groups in total. The molecule has 0 amide bonds. The quantitative estimate of drug-likeness (QED) is 0.875. The third kappa shape index (κ3) is 3.29. The summed E-state index contributed by atoms with van der Waals surface area (Å²) in [7, 11) is -3.08.